The Morgan fingerprint density at radius 1 is 1.65 bits per heavy atom. The molecule has 1 N–H and O–H groups in total. The van der Waals surface area contributed by atoms with Gasteiger partial charge < -0.3 is 10.1 Å². The van der Waals surface area contributed by atoms with E-state index in [-0.39, 0.29) is 16.6 Å². The molecule has 1 aromatic carbocycles. The molecule has 0 aliphatic rings. The number of carbonyl (C=O) groups is 1. The molecule has 1 rings (SSSR count). The summed E-state index contributed by atoms with van der Waals surface area (Å²) in [6.45, 7) is 5.54. The van der Waals surface area contributed by atoms with E-state index in [0.717, 1.165) is 0 Å². The highest BCUT2D eigenvalue weighted by Gasteiger charge is 2.17. The second-order valence-corrected chi connectivity index (χ2v) is 4.41. The zero-order valence-corrected chi connectivity index (χ0v) is 11.7. The Morgan fingerprint density at radius 2 is 2.35 bits per heavy atom. The predicted octanol–water partition coefficient (Wildman–Crippen LogP) is 3.17. The summed E-state index contributed by atoms with van der Waals surface area (Å²) in [4.78, 5) is 21.9. The van der Waals surface area contributed by atoms with Crippen LogP contribution in [0.4, 0.5) is 11.4 Å². The van der Waals surface area contributed by atoms with Crippen LogP contribution in [-0.4, -0.2) is 23.5 Å². The van der Waals surface area contributed by atoms with Gasteiger partial charge >= 0.3 is 0 Å². The van der Waals surface area contributed by atoms with Gasteiger partial charge in [-0.2, -0.15) is 0 Å². The Balaban J connectivity index is 2.68. The van der Waals surface area contributed by atoms with Crippen molar-refractivity contribution in [3.63, 3.8) is 0 Å². The Hall–Kier alpha value is -1.92. The number of nitro benzene ring substituents is 1. The monoisotopic (exact) mass is 298 g/mol. The number of hydrogen-bond donors (Lipinski definition) is 1. The molecular formula is C13H15ClN2O4. The number of nitrogens with zero attached hydrogens (tertiary/aromatic N) is 1. The molecule has 0 fully saturated rings. The van der Waals surface area contributed by atoms with Crippen LogP contribution in [0, 0.1) is 10.1 Å². The van der Waals surface area contributed by atoms with Crippen LogP contribution < -0.4 is 5.32 Å². The van der Waals surface area contributed by atoms with Crippen molar-refractivity contribution in [2.75, 3.05) is 11.9 Å². The standard InChI is InChI=1S/C13H15ClN2O4/c1-3-4-7-20-9(2)13(17)15-10-5-6-11(14)12(8-10)16(18)19/h3,5-6,8-9H,1,4,7H2,2H3,(H,15,17). The molecule has 108 valence electrons. The molecule has 0 heterocycles. The van der Waals surface area contributed by atoms with Crippen LogP contribution in [0.15, 0.2) is 30.9 Å². The number of rotatable bonds is 7. The van der Waals surface area contributed by atoms with E-state index in [1.807, 2.05) is 0 Å². The van der Waals surface area contributed by atoms with Gasteiger partial charge in [-0.3, -0.25) is 14.9 Å². The molecule has 7 heteroatoms. The van der Waals surface area contributed by atoms with Gasteiger partial charge in [-0.1, -0.05) is 17.7 Å². The SMILES string of the molecule is C=CCCOC(C)C(=O)Nc1ccc(Cl)c([N+](=O)[O-])c1. The second-order valence-electron chi connectivity index (χ2n) is 4.00. The minimum atomic E-state index is -0.662. The normalized spacial score (nSPS) is 11.7. The van der Waals surface area contributed by atoms with E-state index in [1.54, 1.807) is 13.0 Å². The third kappa shape index (κ3) is 4.64. The maximum Gasteiger partial charge on any atom is 0.289 e. The minimum Gasteiger partial charge on any atom is -0.368 e. The number of benzene rings is 1. The van der Waals surface area contributed by atoms with Gasteiger partial charge in [0.1, 0.15) is 11.1 Å². The van der Waals surface area contributed by atoms with Crippen LogP contribution in [0.1, 0.15) is 13.3 Å². The Labute approximate surface area is 121 Å². The van der Waals surface area contributed by atoms with Crippen molar-refractivity contribution in [1.82, 2.24) is 0 Å². The molecule has 20 heavy (non-hydrogen) atoms. The predicted molar refractivity (Wildman–Crippen MR) is 77.0 cm³/mol. The maximum atomic E-state index is 11.8. The third-order valence-corrected chi connectivity index (χ3v) is 2.79. The molecule has 0 saturated heterocycles. The van der Waals surface area contributed by atoms with Crippen molar-refractivity contribution in [3.05, 3.63) is 46.0 Å². The van der Waals surface area contributed by atoms with Gasteiger partial charge in [-0.25, -0.2) is 0 Å². The average molecular weight is 299 g/mol. The molecule has 6 nitrogen and oxygen atoms in total. The lowest BCUT2D eigenvalue weighted by atomic mass is 10.2. The van der Waals surface area contributed by atoms with Gasteiger partial charge in [0, 0.05) is 11.8 Å². The highest BCUT2D eigenvalue weighted by molar-refractivity contribution is 6.32. The van der Waals surface area contributed by atoms with Crippen molar-refractivity contribution >= 4 is 28.9 Å². The zero-order chi connectivity index (χ0) is 15.1. The summed E-state index contributed by atoms with van der Waals surface area (Å²) in [7, 11) is 0. The number of amides is 1. The molecule has 1 unspecified atom stereocenters. The Kier molecular flexibility index (Phi) is 6.14. The number of anilines is 1. The topological polar surface area (TPSA) is 81.5 Å². The van der Waals surface area contributed by atoms with Crippen molar-refractivity contribution in [1.29, 1.82) is 0 Å². The van der Waals surface area contributed by atoms with E-state index in [0.29, 0.717) is 18.7 Å². The first-order chi connectivity index (χ1) is 9.45. The molecule has 0 aliphatic heterocycles. The van der Waals surface area contributed by atoms with Crippen LogP contribution in [-0.2, 0) is 9.53 Å². The van der Waals surface area contributed by atoms with E-state index in [4.69, 9.17) is 16.3 Å². The molecule has 1 aromatic rings. The summed E-state index contributed by atoms with van der Waals surface area (Å²) >= 11 is 5.69. The number of nitrogens with one attached hydrogen (secondary N) is 1. The van der Waals surface area contributed by atoms with E-state index in [9.17, 15) is 14.9 Å². The molecule has 0 radical (unpaired) electrons. The largest absolute Gasteiger partial charge is 0.368 e. The van der Waals surface area contributed by atoms with Crippen LogP contribution in [0.3, 0.4) is 0 Å². The van der Waals surface area contributed by atoms with Crippen LogP contribution in [0.2, 0.25) is 5.02 Å². The van der Waals surface area contributed by atoms with Crippen LogP contribution in [0.25, 0.3) is 0 Å². The number of nitro groups is 1. The summed E-state index contributed by atoms with van der Waals surface area (Å²) in [5.41, 5.74) is 0.0370. The summed E-state index contributed by atoms with van der Waals surface area (Å²) in [5, 5.41) is 13.3. The first kappa shape index (κ1) is 16.1. The van der Waals surface area contributed by atoms with Gasteiger partial charge in [-0.15, -0.1) is 6.58 Å². The number of carbonyl (C=O) groups excluding carboxylic acids is 1. The average Bonchev–Trinajstić information content (AvgIpc) is 2.40. The van der Waals surface area contributed by atoms with Crippen molar-refractivity contribution in [2.45, 2.75) is 19.4 Å². The maximum absolute atomic E-state index is 11.8. The van der Waals surface area contributed by atoms with Gasteiger partial charge in [0.05, 0.1) is 11.5 Å². The lowest BCUT2D eigenvalue weighted by molar-refractivity contribution is -0.384. The molecule has 0 aliphatic carbocycles. The fraction of sp³-hybridized carbons (Fsp3) is 0.308. The van der Waals surface area contributed by atoms with E-state index in [2.05, 4.69) is 11.9 Å². The second kappa shape index (κ2) is 7.62. The Morgan fingerprint density at radius 3 is 2.95 bits per heavy atom. The van der Waals surface area contributed by atoms with Crippen LogP contribution in [0.5, 0.6) is 0 Å². The molecule has 1 atom stereocenters. The first-order valence-corrected chi connectivity index (χ1v) is 6.30. The summed E-state index contributed by atoms with van der Waals surface area (Å²) < 4.78 is 5.27. The fourth-order valence-electron chi connectivity index (χ4n) is 1.38. The lowest BCUT2D eigenvalue weighted by Gasteiger charge is -2.12. The van der Waals surface area contributed by atoms with Gasteiger partial charge in [0.25, 0.3) is 11.6 Å². The van der Waals surface area contributed by atoms with Crippen LogP contribution >= 0.6 is 11.6 Å². The van der Waals surface area contributed by atoms with Gasteiger partial charge in [0.2, 0.25) is 0 Å². The quantitative estimate of drug-likeness (QED) is 0.363. The first-order valence-electron chi connectivity index (χ1n) is 5.93. The molecule has 0 aromatic heterocycles. The molecule has 0 bridgehead atoms. The molecule has 0 saturated carbocycles. The minimum absolute atomic E-state index is 0.0169. The third-order valence-electron chi connectivity index (χ3n) is 2.47. The Bertz CT molecular complexity index is 519. The van der Waals surface area contributed by atoms with Crippen molar-refractivity contribution in [3.8, 4) is 0 Å². The molecule has 0 spiro atoms. The summed E-state index contributed by atoms with van der Waals surface area (Å²) in [6.07, 6.45) is 1.67. The number of halogens is 1. The van der Waals surface area contributed by atoms with Crippen molar-refractivity contribution < 1.29 is 14.5 Å². The fourth-order valence-corrected chi connectivity index (χ4v) is 1.56. The zero-order valence-electron chi connectivity index (χ0n) is 11.0. The number of hydrogen-bond acceptors (Lipinski definition) is 4. The summed E-state index contributed by atoms with van der Waals surface area (Å²) in [5.74, 6) is -0.384. The molecular weight excluding hydrogens is 284 g/mol. The highest BCUT2D eigenvalue weighted by Crippen LogP contribution is 2.27. The number of ether oxygens (including phenoxy) is 1. The van der Waals surface area contributed by atoms with E-state index >= 15 is 0 Å². The highest BCUT2D eigenvalue weighted by atomic mass is 35.5. The van der Waals surface area contributed by atoms with Gasteiger partial charge in [0.15, 0.2) is 0 Å². The van der Waals surface area contributed by atoms with Gasteiger partial charge in [-0.05, 0) is 25.5 Å². The van der Waals surface area contributed by atoms with E-state index < -0.39 is 11.0 Å². The van der Waals surface area contributed by atoms with Crippen molar-refractivity contribution in [2.24, 2.45) is 0 Å². The van der Waals surface area contributed by atoms with E-state index in [1.165, 1.54) is 18.2 Å². The smallest absolute Gasteiger partial charge is 0.289 e. The summed E-state index contributed by atoms with van der Waals surface area (Å²) in [6, 6.07) is 4.05. The lowest BCUT2D eigenvalue weighted by Crippen LogP contribution is -2.28. The molecule has 1 amide bonds.